The predicted molar refractivity (Wildman–Crippen MR) is 70.3 cm³/mol. The lowest BCUT2D eigenvalue weighted by Gasteiger charge is -2.17. The SMILES string of the molecule is CCCCNC(=S)NC(CC)c1ncc[nH]1. The molecular formula is C11H20N4S. The Morgan fingerprint density at radius 2 is 2.38 bits per heavy atom. The highest BCUT2D eigenvalue weighted by molar-refractivity contribution is 7.80. The number of nitrogens with one attached hydrogen (secondary N) is 3. The number of rotatable bonds is 6. The molecule has 0 aromatic carbocycles. The van der Waals surface area contributed by atoms with Crippen molar-refractivity contribution in [1.29, 1.82) is 0 Å². The Balaban J connectivity index is 2.36. The van der Waals surface area contributed by atoms with E-state index in [0.29, 0.717) is 5.11 Å². The number of aromatic nitrogens is 2. The van der Waals surface area contributed by atoms with Crippen LogP contribution in [0.1, 0.15) is 45.0 Å². The first-order valence-corrected chi connectivity index (χ1v) is 6.22. The van der Waals surface area contributed by atoms with Crippen molar-refractivity contribution in [2.75, 3.05) is 6.54 Å². The van der Waals surface area contributed by atoms with Crippen LogP contribution < -0.4 is 10.6 Å². The molecule has 1 aromatic rings. The van der Waals surface area contributed by atoms with Gasteiger partial charge in [-0.2, -0.15) is 0 Å². The zero-order valence-electron chi connectivity index (χ0n) is 9.92. The first-order valence-electron chi connectivity index (χ1n) is 5.81. The number of thiocarbonyl (C=S) groups is 1. The summed E-state index contributed by atoms with van der Waals surface area (Å²) in [6.07, 6.45) is 6.84. The van der Waals surface area contributed by atoms with E-state index in [1.54, 1.807) is 6.20 Å². The third-order valence-electron chi connectivity index (χ3n) is 2.38. The fourth-order valence-corrected chi connectivity index (χ4v) is 1.66. The molecule has 0 aliphatic heterocycles. The molecule has 0 aliphatic rings. The van der Waals surface area contributed by atoms with Crippen molar-refractivity contribution < 1.29 is 0 Å². The molecule has 3 N–H and O–H groups in total. The van der Waals surface area contributed by atoms with Crippen molar-refractivity contribution in [3.63, 3.8) is 0 Å². The Labute approximate surface area is 102 Å². The molecule has 1 unspecified atom stereocenters. The van der Waals surface area contributed by atoms with Gasteiger partial charge in [0.1, 0.15) is 5.82 Å². The molecule has 0 saturated carbocycles. The van der Waals surface area contributed by atoms with Gasteiger partial charge in [0.15, 0.2) is 5.11 Å². The van der Waals surface area contributed by atoms with E-state index in [0.717, 1.165) is 25.2 Å². The predicted octanol–water partition coefficient (Wildman–Crippen LogP) is 2.12. The molecular weight excluding hydrogens is 220 g/mol. The minimum Gasteiger partial charge on any atom is -0.363 e. The summed E-state index contributed by atoms with van der Waals surface area (Å²) in [6.45, 7) is 5.20. The summed E-state index contributed by atoms with van der Waals surface area (Å²) < 4.78 is 0. The molecule has 0 bridgehead atoms. The van der Waals surface area contributed by atoms with Gasteiger partial charge in [-0.25, -0.2) is 4.98 Å². The van der Waals surface area contributed by atoms with E-state index < -0.39 is 0 Å². The van der Waals surface area contributed by atoms with Crippen LogP contribution >= 0.6 is 12.2 Å². The standard InChI is InChI=1S/C11H20N4S/c1-3-5-6-14-11(16)15-9(4-2)10-12-7-8-13-10/h7-9H,3-6H2,1-2H3,(H,12,13)(H2,14,15,16). The smallest absolute Gasteiger partial charge is 0.166 e. The van der Waals surface area contributed by atoms with Gasteiger partial charge >= 0.3 is 0 Å². The number of hydrogen-bond acceptors (Lipinski definition) is 2. The van der Waals surface area contributed by atoms with Crippen molar-refractivity contribution in [1.82, 2.24) is 20.6 Å². The zero-order valence-corrected chi connectivity index (χ0v) is 10.7. The molecule has 0 fully saturated rings. The molecule has 1 aromatic heterocycles. The van der Waals surface area contributed by atoms with Crippen molar-refractivity contribution >= 4 is 17.3 Å². The van der Waals surface area contributed by atoms with Crippen molar-refractivity contribution in [2.24, 2.45) is 0 Å². The number of imidazole rings is 1. The summed E-state index contributed by atoms with van der Waals surface area (Å²) in [6, 6.07) is 0.164. The first kappa shape index (κ1) is 13.0. The highest BCUT2D eigenvalue weighted by atomic mass is 32.1. The lowest BCUT2D eigenvalue weighted by Crippen LogP contribution is -2.38. The number of unbranched alkanes of at least 4 members (excludes halogenated alkanes) is 1. The fourth-order valence-electron chi connectivity index (χ4n) is 1.42. The van der Waals surface area contributed by atoms with Crippen LogP contribution in [0.5, 0.6) is 0 Å². The van der Waals surface area contributed by atoms with Crippen LogP contribution in [0.15, 0.2) is 12.4 Å². The maximum atomic E-state index is 5.22. The maximum absolute atomic E-state index is 5.22. The Hall–Kier alpha value is -1.10. The van der Waals surface area contributed by atoms with Gasteiger partial charge in [-0.15, -0.1) is 0 Å². The second-order valence-electron chi connectivity index (χ2n) is 3.69. The van der Waals surface area contributed by atoms with Gasteiger partial charge in [0.2, 0.25) is 0 Å². The molecule has 1 atom stereocenters. The summed E-state index contributed by atoms with van der Waals surface area (Å²) in [5.74, 6) is 0.933. The Kier molecular flexibility index (Phi) is 5.85. The Morgan fingerprint density at radius 3 is 2.94 bits per heavy atom. The normalized spacial score (nSPS) is 12.1. The van der Waals surface area contributed by atoms with Crippen LogP contribution in [0.4, 0.5) is 0 Å². The summed E-state index contributed by atoms with van der Waals surface area (Å²) in [7, 11) is 0. The molecule has 0 radical (unpaired) electrons. The largest absolute Gasteiger partial charge is 0.363 e. The van der Waals surface area contributed by atoms with Crippen molar-refractivity contribution in [3.8, 4) is 0 Å². The molecule has 1 rings (SSSR count). The summed E-state index contributed by atoms with van der Waals surface area (Å²) >= 11 is 5.22. The second kappa shape index (κ2) is 7.22. The van der Waals surface area contributed by atoms with Crippen molar-refractivity contribution in [3.05, 3.63) is 18.2 Å². The van der Waals surface area contributed by atoms with Gasteiger partial charge in [-0.1, -0.05) is 20.3 Å². The molecule has 0 amide bonds. The Morgan fingerprint density at radius 1 is 1.56 bits per heavy atom. The molecule has 90 valence electrons. The van der Waals surface area contributed by atoms with Gasteiger partial charge in [-0.3, -0.25) is 0 Å². The van der Waals surface area contributed by atoms with E-state index in [1.807, 2.05) is 6.20 Å². The Bertz CT molecular complexity index is 297. The van der Waals surface area contributed by atoms with Crippen LogP contribution in [0.2, 0.25) is 0 Å². The molecule has 1 heterocycles. The van der Waals surface area contributed by atoms with E-state index in [1.165, 1.54) is 6.42 Å². The second-order valence-corrected chi connectivity index (χ2v) is 4.10. The lowest BCUT2D eigenvalue weighted by atomic mass is 10.2. The topological polar surface area (TPSA) is 52.7 Å². The zero-order chi connectivity index (χ0) is 11.8. The highest BCUT2D eigenvalue weighted by Crippen LogP contribution is 2.10. The minimum absolute atomic E-state index is 0.164. The quantitative estimate of drug-likeness (QED) is 0.526. The van der Waals surface area contributed by atoms with E-state index >= 15 is 0 Å². The average Bonchev–Trinajstić information content (AvgIpc) is 2.79. The maximum Gasteiger partial charge on any atom is 0.166 e. The van der Waals surface area contributed by atoms with Crippen LogP contribution in [-0.2, 0) is 0 Å². The number of nitrogens with zero attached hydrogens (tertiary/aromatic N) is 1. The molecule has 0 aliphatic carbocycles. The molecule has 4 nitrogen and oxygen atoms in total. The fraction of sp³-hybridized carbons (Fsp3) is 0.636. The summed E-state index contributed by atoms with van der Waals surface area (Å²) in [5, 5.41) is 7.15. The monoisotopic (exact) mass is 240 g/mol. The van der Waals surface area contributed by atoms with Gasteiger partial charge in [0.25, 0.3) is 0 Å². The van der Waals surface area contributed by atoms with Crippen LogP contribution in [0.25, 0.3) is 0 Å². The van der Waals surface area contributed by atoms with Crippen LogP contribution in [0, 0.1) is 0 Å². The number of hydrogen-bond donors (Lipinski definition) is 3. The minimum atomic E-state index is 0.164. The van der Waals surface area contributed by atoms with Crippen molar-refractivity contribution in [2.45, 2.75) is 39.2 Å². The van der Waals surface area contributed by atoms with E-state index in [9.17, 15) is 0 Å². The van der Waals surface area contributed by atoms with E-state index in [4.69, 9.17) is 12.2 Å². The van der Waals surface area contributed by atoms with E-state index in [-0.39, 0.29) is 6.04 Å². The summed E-state index contributed by atoms with van der Waals surface area (Å²) in [5.41, 5.74) is 0. The molecule has 0 spiro atoms. The third-order valence-corrected chi connectivity index (χ3v) is 2.64. The first-order chi connectivity index (χ1) is 7.77. The molecule has 5 heteroatoms. The highest BCUT2D eigenvalue weighted by Gasteiger charge is 2.11. The van der Waals surface area contributed by atoms with Gasteiger partial charge < -0.3 is 15.6 Å². The van der Waals surface area contributed by atoms with Gasteiger partial charge in [-0.05, 0) is 25.1 Å². The molecule has 16 heavy (non-hydrogen) atoms. The van der Waals surface area contributed by atoms with Gasteiger partial charge in [0.05, 0.1) is 6.04 Å². The van der Waals surface area contributed by atoms with E-state index in [2.05, 4.69) is 34.4 Å². The molecule has 0 saturated heterocycles. The summed E-state index contributed by atoms with van der Waals surface area (Å²) in [4.78, 5) is 7.33. The average molecular weight is 240 g/mol. The third kappa shape index (κ3) is 4.18. The number of aromatic amines is 1. The lowest BCUT2D eigenvalue weighted by molar-refractivity contribution is 0.584. The number of H-pyrrole nitrogens is 1. The van der Waals surface area contributed by atoms with Crippen LogP contribution in [-0.4, -0.2) is 21.6 Å². The van der Waals surface area contributed by atoms with Gasteiger partial charge in [0, 0.05) is 18.9 Å². The van der Waals surface area contributed by atoms with Crippen LogP contribution in [0.3, 0.4) is 0 Å².